The highest BCUT2D eigenvalue weighted by Gasteiger charge is 2.18. The van der Waals surface area contributed by atoms with Crippen molar-refractivity contribution >= 4 is 50.7 Å². The lowest BCUT2D eigenvalue weighted by Gasteiger charge is -2.18. The molecule has 0 aromatic heterocycles. The summed E-state index contributed by atoms with van der Waals surface area (Å²) in [5, 5.41) is 3.97. The van der Waals surface area contributed by atoms with Gasteiger partial charge in [-0.15, -0.1) is 0 Å². The SMILES string of the molecule is NC(=O)C(Nc1ccc(Br)cc1)c1cc(Cl)cc(Cl)c1. The van der Waals surface area contributed by atoms with Crippen molar-refractivity contribution in [1.29, 1.82) is 0 Å². The molecule has 3 N–H and O–H groups in total. The molecular weight excluding hydrogens is 363 g/mol. The number of nitrogens with one attached hydrogen (secondary N) is 1. The number of benzene rings is 2. The van der Waals surface area contributed by atoms with Gasteiger partial charge in [0.1, 0.15) is 6.04 Å². The molecule has 0 heterocycles. The molecule has 2 aromatic rings. The number of hydrogen-bond donors (Lipinski definition) is 2. The van der Waals surface area contributed by atoms with Gasteiger partial charge in [0.15, 0.2) is 0 Å². The van der Waals surface area contributed by atoms with Crippen molar-refractivity contribution in [3.63, 3.8) is 0 Å². The molecular formula is C14H11BrCl2N2O. The number of carbonyl (C=O) groups is 1. The van der Waals surface area contributed by atoms with Crippen molar-refractivity contribution in [2.24, 2.45) is 5.73 Å². The Kier molecular flexibility index (Phi) is 4.91. The normalized spacial score (nSPS) is 11.9. The van der Waals surface area contributed by atoms with E-state index in [1.165, 1.54) is 0 Å². The Morgan fingerprint density at radius 1 is 1.10 bits per heavy atom. The van der Waals surface area contributed by atoms with Gasteiger partial charge in [-0.25, -0.2) is 0 Å². The molecule has 0 aliphatic carbocycles. The standard InChI is InChI=1S/C14H11BrCl2N2O/c15-9-1-3-12(4-2-9)19-13(14(18)20)8-5-10(16)7-11(17)6-8/h1-7,13,19H,(H2,18,20). The van der Waals surface area contributed by atoms with Gasteiger partial charge in [0.05, 0.1) is 0 Å². The van der Waals surface area contributed by atoms with Gasteiger partial charge in [-0.1, -0.05) is 39.1 Å². The van der Waals surface area contributed by atoms with Crippen LogP contribution in [0.4, 0.5) is 5.69 Å². The fourth-order valence-corrected chi connectivity index (χ4v) is 2.58. The van der Waals surface area contributed by atoms with Gasteiger partial charge in [-0.05, 0) is 48.0 Å². The lowest BCUT2D eigenvalue weighted by Crippen LogP contribution is -2.27. The first-order chi connectivity index (χ1) is 9.45. The second-order valence-corrected chi connectivity index (χ2v) is 5.98. The highest BCUT2D eigenvalue weighted by atomic mass is 79.9. The maximum atomic E-state index is 11.7. The van der Waals surface area contributed by atoms with Crippen LogP contribution >= 0.6 is 39.1 Å². The first-order valence-corrected chi connectivity index (χ1v) is 7.28. The number of rotatable bonds is 4. The Labute approximate surface area is 135 Å². The zero-order valence-electron chi connectivity index (χ0n) is 10.2. The molecule has 0 saturated carbocycles. The minimum absolute atomic E-state index is 0.455. The molecule has 0 bridgehead atoms. The summed E-state index contributed by atoms with van der Waals surface area (Å²) in [7, 11) is 0. The largest absolute Gasteiger partial charge is 0.370 e. The minimum atomic E-state index is -0.702. The van der Waals surface area contributed by atoms with Crippen LogP contribution < -0.4 is 11.1 Å². The molecule has 6 heteroatoms. The van der Waals surface area contributed by atoms with Crippen molar-refractivity contribution in [3.05, 3.63) is 62.5 Å². The molecule has 0 spiro atoms. The Morgan fingerprint density at radius 2 is 1.65 bits per heavy atom. The fourth-order valence-electron chi connectivity index (χ4n) is 1.77. The number of halogens is 3. The van der Waals surface area contributed by atoms with E-state index in [-0.39, 0.29) is 0 Å². The molecule has 0 fully saturated rings. The van der Waals surface area contributed by atoms with Crippen LogP contribution in [0.3, 0.4) is 0 Å². The van der Waals surface area contributed by atoms with E-state index in [9.17, 15) is 4.79 Å². The van der Waals surface area contributed by atoms with Crippen LogP contribution in [-0.4, -0.2) is 5.91 Å². The molecule has 2 aromatic carbocycles. The number of carbonyl (C=O) groups excluding carboxylic acids is 1. The van der Waals surface area contributed by atoms with E-state index in [4.69, 9.17) is 28.9 Å². The van der Waals surface area contributed by atoms with Crippen LogP contribution in [0.1, 0.15) is 11.6 Å². The zero-order chi connectivity index (χ0) is 14.7. The Morgan fingerprint density at radius 3 is 2.15 bits per heavy atom. The van der Waals surface area contributed by atoms with Crippen LogP contribution in [0.2, 0.25) is 10.0 Å². The van der Waals surface area contributed by atoms with E-state index in [1.807, 2.05) is 24.3 Å². The van der Waals surface area contributed by atoms with Gasteiger partial charge in [-0.2, -0.15) is 0 Å². The van der Waals surface area contributed by atoms with Crippen LogP contribution in [0.5, 0.6) is 0 Å². The van der Waals surface area contributed by atoms with Gasteiger partial charge in [0.2, 0.25) is 5.91 Å². The Hall–Kier alpha value is -1.23. The summed E-state index contributed by atoms with van der Waals surface area (Å²) in [6.07, 6.45) is 0. The lowest BCUT2D eigenvalue weighted by molar-refractivity contribution is -0.118. The molecule has 0 aliphatic heterocycles. The molecule has 3 nitrogen and oxygen atoms in total. The molecule has 0 radical (unpaired) electrons. The summed E-state index contributed by atoms with van der Waals surface area (Å²) in [6.45, 7) is 0. The van der Waals surface area contributed by atoms with E-state index in [2.05, 4.69) is 21.2 Å². The third-order valence-electron chi connectivity index (χ3n) is 2.66. The zero-order valence-corrected chi connectivity index (χ0v) is 13.3. The van der Waals surface area contributed by atoms with Gasteiger partial charge in [-0.3, -0.25) is 4.79 Å². The predicted octanol–water partition coefficient (Wildman–Crippen LogP) is 4.39. The van der Waals surface area contributed by atoms with Gasteiger partial charge in [0.25, 0.3) is 0 Å². The molecule has 1 amide bonds. The topological polar surface area (TPSA) is 55.1 Å². The fraction of sp³-hybridized carbons (Fsp3) is 0.0714. The average Bonchev–Trinajstić information content (AvgIpc) is 2.36. The molecule has 0 saturated heterocycles. The van der Waals surface area contributed by atoms with Crippen LogP contribution in [0, 0.1) is 0 Å². The number of nitrogens with two attached hydrogens (primary N) is 1. The van der Waals surface area contributed by atoms with Gasteiger partial charge < -0.3 is 11.1 Å². The minimum Gasteiger partial charge on any atom is -0.370 e. The third-order valence-corrected chi connectivity index (χ3v) is 3.62. The van der Waals surface area contributed by atoms with Crippen molar-refractivity contribution in [3.8, 4) is 0 Å². The van der Waals surface area contributed by atoms with E-state index < -0.39 is 11.9 Å². The molecule has 0 aliphatic rings. The Bertz CT molecular complexity index is 611. The molecule has 1 atom stereocenters. The number of hydrogen-bond acceptors (Lipinski definition) is 2. The van der Waals surface area contributed by atoms with Crippen LogP contribution in [0.25, 0.3) is 0 Å². The van der Waals surface area contributed by atoms with Crippen LogP contribution in [-0.2, 0) is 4.79 Å². The van der Waals surface area contributed by atoms with E-state index in [0.717, 1.165) is 10.2 Å². The molecule has 1 unspecified atom stereocenters. The van der Waals surface area contributed by atoms with E-state index in [1.54, 1.807) is 18.2 Å². The summed E-state index contributed by atoms with van der Waals surface area (Å²) in [5.74, 6) is -0.508. The molecule has 104 valence electrons. The predicted molar refractivity (Wildman–Crippen MR) is 86.2 cm³/mol. The van der Waals surface area contributed by atoms with E-state index >= 15 is 0 Å². The highest BCUT2D eigenvalue weighted by Crippen LogP contribution is 2.26. The van der Waals surface area contributed by atoms with Crippen molar-refractivity contribution in [2.45, 2.75) is 6.04 Å². The first-order valence-electron chi connectivity index (χ1n) is 5.73. The summed E-state index contributed by atoms with van der Waals surface area (Å²) in [4.78, 5) is 11.7. The lowest BCUT2D eigenvalue weighted by atomic mass is 10.1. The first kappa shape index (κ1) is 15.2. The summed E-state index contributed by atoms with van der Waals surface area (Å²) in [5.41, 5.74) is 6.84. The monoisotopic (exact) mass is 372 g/mol. The number of anilines is 1. The van der Waals surface area contributed by atoms with Crippen molar-refractivity contribution < 1.29 is 4.79 Å². The number of amides is 1. The van der Waals surface area contributed by atoms with Crippen LogP contribution in [0.15, 0.2) is 46.9 Å². The van der Waals surface area contributed by atoms with E-state index in [0.29, 0.717) is 15.6 Å². The Balaban J connectivity index is 2.31. The smallest absolute Gasteiger partial charge is 0.244 e. The van der Waals surface area contributed by atoms with Crippen molar-refractivity contribution in [1.82, 2.24) is 0 Å². The number of primary amides is 1. The molecule has 20 heavy (non-hydrogen) atoms. The average molecular weight is 374 g/mol. The van der Waals surface area contributed by atoms with Gasteiger partial charge in [0, 0.05) is 20.2 Å². The highest BCUT2D eigenvalue weighted by molar-refractivity contribution is 9.10. The maximum absolute atomic E-state index is 11.7. The maximum Gasteiger partial charge on any atom is 0.244 e. The molecule has 2 rings (SSSR count). The second kappa shape index (κ2) is 6.48. The third kappa shape index (κ3) is 3.88. The van der Waals surface area contributed by atoms with Gasteiger partial charge >= 0.3 is 0 Å². The summed E-state index contributed by atoms with van der Waals surface area (Å²) in [6, 6.07) is 11.6. The second-order valence-electron chi connectivity index (χ2n) is 4.19. The summed E-state index contributed by atoms with van der Waals surface area (Å²) < 4.78 is 0.949. The van der Waals surface area contributed by atoms with Crippen molar-refractivity contribution in [2.75, 3.05) is 5.32 Å². The summed E-state index contributed by atoms with van der Waals surface area (Å²) >= 11 is 15.3. The quantitative estimate of drug-likeness (QED) is 0.834.